The highest BCUT2D eigenvalue weighted by Crippen LogP contribution is 2.38. The number of rotatable bonds is 4. The number of amides is 1. The van der Waals surface area contributed by atoms with Crippen molar-refractivity contribution >= 4 is 27.5 Å². The van der Waals surface area contributed by atoms with Crippen LogP contribution in [0.25, 0.3) is 0 Å². The molecule has 0 heterocycles. The maximum Gasteiger partial charge on any atom is 0.253 e. The molecule has 1 aliphatic rings. The number of carbonyl (C=O) groups excluding carboxylic acids is 1. The van der Waals surface area contributed by atoms with Gasteiger partial charge in [-0.25, -0.2) is 13.6 Å². The second-order valence-electron chi connectivity index (χ2n) is 5.38. The van der Waals surface area contributed by atoms with E-state index in [1.165, 1.54) is 18.2 Å². The summed E-state index contributed by atoms with van der Waals surface area (Å²) in [5.41, 5.74) is 0.234. The Balaban J connectivity index is 2.23. The fraction of sp³-hybridized carbons (Fsp3) is 0.462. The monoisotopic (exact) mass is 316 g/mol. The van der Waals surface area contributed by atoms with Gasteiger partial charge >= 0.3 is 0 Å². The Kier molecular flexibility index (Phi) is 4.09. The van der Waals surface area contributed by atoms with Crippen LogP contribution in [0.2, 0.25) is 5.02 Å². The van der Waals surface area contributed by atoms with E-state index >= 15 is 0 Å². The van der Waals surface area contributed by atoms with Crippen molar-refractivity contribution in [3.05, 3.63) is 28.8 Å². The number of benzene rings is 1. The van der Waals surface area contributed by atoms with Gasteiger partial charge in [0.25, 0.3) is 5.91 Å². The molecule has 5 nitrogen and oxygen atoms in total. The number of sulfonamides is 1. The minimum atomic E-state index is -3.88. The Hall–Kier alpha value is -1.11. The summed E-state index contributed by atoms with van der Waals surface area (Å²) in [5, 5.41) is 5.24. The molecule has 1 saturated carbocycles. The maximum atomic E-state index is 12.3. The lowest BCUT2D eigenvalue weighted by atomic mass is 10.2. The fourth-order valence-corrected chi connectivity index (χ4v) is 3.04. The van der Waals surface area contributed by atoms with Crippen molar-refractivity contribution in [1.82, 2.24) is 4.90 Å². The average Bonchev–Trinajstić information content (AvgIpc) is 3.01. The molecule has 0 bridgehead atoms. The Labute approximate surface area is 123 Å². The summed E-state index contributed by atoms with van der Waals surface area (Å²) in [5.74, 6) is 0.918. The number of nitrogens with two attached hydrogens (primary N) is 1. The number of primary sulfonamides is 1. The van der Waals surface area contributed by atoms with Crippen LogP contribution in [0.4, 0.5) is 0 Å². The van der Waals surface area contributed by atoms with E-state index in [0.717, 1.165) is 6.42 Å². The van der Waals surface area contributed by atoms with Gasteiger partial charge in [-0.15, -0.1) is 0 Å². The standard InChI is InChI=1S/C13H17ClN2O3S/c1-8-3-10(8)7-16(2)13(17)9-4-11(14)6-12(5-9)20(15,18)19/h4-6,8,10H,3,7H2,1-2H3,(H2,15,18,19). The molecule has 0 saturated heterocycles. The van der Waals surface area contributed by atoms with Crippen molar-refractivity contribution in [3.63, 3.8) is 0 Å². The predicted octanol–water partition coefficient (Wildman–Crippen LogP) is 1.72. The third-order valence-electron chi connectivity index (χ3n) is 3.58. The molecule has 1 aliphatic carbocycles. The van der Waals surface area contributed by atoms with Gasteiger partial charge < -0.3 is 4.90 Å². The Bertz CT molecular complexity index is 645. The minimum Gasteiger partial charge on any atom is -0.341 e. The van der Waals surface area contributed by atoms with E-state index in [2.05, 4.69) is 6.92 Å². The van der Waals surface area contributed by atoms with Crippen LogP contribution < -0.4 is 5.14 Å². The topological polar surface area (TPSA) is 80.5 Å². The van der Waals surface area contributed by atoms with Gasteiger partial charge in [-0.2, -0.15) is 0 Å². The van der Waals surface area contributed by atoms with Gasteiger partial charge in [-0.05, 0) is 36.5 Å². The van der Waals surface area contributed by atoms with Gasteiger partial charge in [-0.1, -0.05) is 18.5 Å². The largest absolute Gasteiger partial charge is 0.341 e. The summed E-state index contributed by atoms with van der Waals surface area (Å²) in [6.45, 7) is 2.80. The fourth-order valence-electron chi connectivity index (χ4n) is 2.16. The third-order valence-corrected chi connectivity index (χ3v) is 4.69. The first kappa shape index (κ1) is 15.3. The first-order valence-corrected chi connectivity index (χ1v) is 8.20. The van der Waals surface area contributed by atoms with Crippen LogP contribution in [0.3, 0.4) is 0 Å². The minimum absolute atomic E-state index is 0.151. The van der Waals surface area contributed by atoms with Gasteiger partial charge in [0, 0.05) is 24.2 Å². The second kappa shape index (κ2) is 5.35. The van der Waals surface area contributed by atoms with Crippen LogP contribution in [0, 0.1) is 11.8 Å². The molecule has 2 unspecified atom stereocenters. The van der Waals surface area contributed by atoms with E-state index in [4.69, 9.17) is 16.7 Å². The molecule has 1 aromatic carbocycles. The lowest BCUT2D eigenvalue weighted by molar-refractivity contribution is 0.0787. The molecule has 0 aliphatic heterocycles. The first-order valence-electron chi connectivity index (χ1n) is 6.27. The molecular formula is C13H17ClN2O3S. The summed E-state index contributed by atoms with van der Waals surface area (Å²) in [6, 6.07) is 3.94. The Morgan fingerprint density at radius 1 is 1.45 bits per heavy atom. The molecule has 2 N–H and O–H groups in total. The summed E-state index contributed by atoms with van der Waals surface area (Å²) < 4.78 is 22.7. The van der Waals surface area contributed by atoms with Crippen LogP contribution in [-0.2, 0) is 10.0 Å². The average molecular weight is 317 g/mol. The van der Waals surface area contributed by atoms with E-state index in [9.17, 15) is 13.2 Å². The molecule has 0 radical (unpaired) electrons. The van der Waals surface area contributed by atoms with E-state index in [1.54, 1.807) is 11.9 Å². The van der Waals surface area contributed by atoms with Gasteiger partial charge in [0.05, 0.1) is 4.90 Å². The zero-order chi connectivity index (χ0) is 15.1. The highest BCUT2D eigenvalue weighted by Gasteiger charge is 2.34. The van der Waals surface area contributed by atoms with Crippen LogP contribution >= 0.6 is 11.6 Å². The molecule has 1 fully saturated rings. The molecule has 7 heteroatoms. The zero-order valence-electron chi connectivity index (χ0n) is 11.3. The van der Waals surface area contributed by atoms with Crippen LogP contribution in [-0.4, -0.2) is 32.8 Å². The molecular weight excluding hydrogens is 300 g/mol. The number of hydrogen-bond donors (Lipinski definition) is 1. The van der Waals surface area contributed by atoms with Crippen LogP contribution in [0.5, 0.6) is 0 Å². The number of halogens is 1. The summed E-state index contributed by atoms with van der Waals surface area (Å²) in [4.78, 5) is 13.7. The van der Waals surface area contributed by atoms with E-state index < -0.39 is 10.0 Å². The Morgan fingerprint density at radius 2 is 2.05 bits per heavy atom. The maximum absolute atomic E-state index is 12.3. The van der Waals surface area contributed by atoms with Gasteiger partial charge in [0.1, 0.15) is 0 Å². The summed E-state index contributed by atoms with van der Waals surface area (Å²) in [7, 11) is -2.18. The van der Waals surface area contributed by atoms with Crippen molar-refractivity contribution in [2.75, 3.05) is 13.6 Å². The molecule has 20 heavy (non-hydrogen) atoms. The molecule has 110 valence electrons. The van der Waals surface area contributed by atoms with Crippen LogP contribution in [0.15, 0.2) is 23.1 Å². The normalized spacial score (nSPS) is 21.6. The molecule has 0 aromatic heterocycles. The van der Waals surface area contributed by atoms with E-state index in [1.807, 2.05) is 0 Å². The summed E-state index contributed by atoms with van der Waals surface area (Å²) >= 11 is 5.86. The van der Waals surface area contributed by atoms with Crippen molar-refractivity contribution in [3.8, 4) is 0 Å². The second-order valence-corrected chi connectivity index (χ2v) is 7.38. The van der Waals surface area contributed by atoms with Crippen molar-refractivity contribution in [2.45, 2.75) is 18.2 Å². The van der Waals surface area contributed by atoms with Gasteiger partial charge in [0.2, 0.25) is 10.0 Å². The SMILES string of the molecule is CC1CC1CN(C)C(=O)c1cc(Cl)cc(S(N)(=O)=O)c1. The van der Waals surface area contributed by atoms with Crippen molar-refractivity contribution in [1.29, 1.82) is 0 Å². The Morgan fingerprint density at radius 3 is 2.55 bits per heavy atom. The quantitative estimate of drug-likeness (QED) is 0.918. The molecule has 0 spiro atoms. The lowest BCUT2D eigenvalue weighted by Gasteiger charge is -2.17. The van der Waals surface area contributed by atoms with E-state index in [-0.39, 0.29) is 21.4 Å². The van der Waals surface area contributed by atoms with Gasteiger partial charge in [0.15, 0.2) is 0 Å². The molecule has 2 atom stereocenters. The first-order chi connectivity index (χ1) is 9.18. The molecule has 2 rings (SSSR count). The highest BCUT2D eigenvalue weighted by molar-refractivity contribution is 7.89. The van der Waals surface area contributed by atoms with Crippen molar-refractivity contribution < 1.29 is 13.2 Å². The smallest absolute Gasteiger partial charge is 0.253 e. The van der Waals surface area contributed by atoms with Crippen LogP contribution in [0.1, 0.15) is 23.7 Å². The number of hydrogen-bond acceptors (Lipinski definition) is 3. The number of nitrogens with zero attached hydrogens (tertiary/aromatic N) is 1. The zero-order valence-corrected chi connectivity index (χ0v) is 12.9. The highest BCUT2D eigenvalue weighted by atomic mass is 35.5. The molecule has 1 aromatic rings. The van der Waals surface area contributed by atoms with Crippen molar-refractivity contribution in [2.24, 2.45) is 17.0 Å². The number of carbonyl (C=O) groups is 1. The van der Waals surface area contributed by atoms with Gasteiger partial charge in [-0.3, -0.25) is 4.79 Å². The summed E-state index contributed by atoms with van der Waals surface area (Å²) in [6.07, 6.45) is 1.12. The predicted molar refractivity (Wildman–Crippen MR) is 77.1 cm³/mol. The molecule has 1 amide bonds. The van der Waals surface area contributed by atoms with E-state index in [0.29, 0.717) is 18.4 Å². The lowest BCUT2D eigenvalue weighted by Crippen LogP contribution is -2.29. The third kappa shape index (κ3) is 3.50.